The molecule has 0 heterocycles. The second kappa shape index (κ2) is 6.18. The van der Waals surface area contributed by atoms with Crippen molar-refractivity contribution in [1.82, 2.24) is 5.32 Å². The van der Waals surface area contributed by atoms with Crippen LogP contribution in [0.15, 0.2) is 29.8 Å². The first-order chi connectivity index (χ1) is 7.63. The number of nitrogens with one attached hydrogen (secondary N) is 1. The van der Waals surface area contributed by atoms with E-state index >= 15 is 0 Å². The summed E-state index contributed by atoms with van der Waals surface area (Å²) in [5.41, 5.74) is 2.40. The van der Waals surface area contributed by atoms with Crippen LogP contribution in [0.4, 0.5) is 0 Å². The highest BCUT2D eigenvalue weighted by atomic mass is 16.5. The van der Waals surface area contributed by atoms with Crippen LogP contribution in [-0.4, -0.2) is 18.8 Å². The van der Waals surface area contributed by atoms with E-state index in [4.69, 9.17) is 4.74 Å². The summed E-state index contributed by atoms with van der Waals surface area (Å²) in [5, 5.41) is 12.7. The minimum Gasteiger partial charge on any atom is -0.504 e. The van der Waals surface area contributed by atoms with Crippen LogP contribution in [0.5, 0.6) is 11.5 Å². The maximum Gasteiger partial charge on any atom is 0.160 e. The smallest absolute Gasteiger partial charge is 0.160 e. The third-order valence-electron chi connectivity index (χ3n) is 2.23. The Labute approximate surface area is 96.8 Å². The summed E-state index contributed by atoms with van der Waals surface area (Å²) in [6.07, 6.45) is 2.14. The van der Waals surface area contributed by atoms with Crippen molar-refractivity contribution in [3.05, 3.63) is 35.4 Å². The minimum atomic E-state index is 0.176. The van der Waals surface area contributed by atoms with Crippen molar-refractivity contribution in [2.75, 3.05) is 13.7 Å². The average molecular weight is 221 g/mol. The van der Waals surface area contributed by atoms with Crippen molar-refractivity contribution in [1.29, 1.82) is 0 Å². The number of hydrogen-bond donors (Lipinski definition) is 2. The van der Waals surface area contributed by atoms with Gasteiger partial charge in [-0.2, -0.15) is 0 Å². The predicted octanol–water partition coefficient (Wildman–Crippen LogP) is 2.46. The second-order valence-corrected chi connectivity index (χ2v) is 3.92. The van der Waals surface area contributed by atoms with Crippen LogP contribution in [0.2, 0.25) is 0 Å². The molecule has 1 aromatic carbocycles. The Morgan fingerprint density at radius 2 is 2.19 bits per heavy atom. The lowest BCUT2D eigenvalue weighted by Gasteiger charge is -2.07. The maximum absolute atomic E-state index is 9.42. The molecule has 0 aliphatic heterocycles. The zero-order valence-corrected chi connectivity index (χ0v) is 10.1. The Morgan fingerprint density at radius 1 is 1.44 bits per heavy atom. The van der Waals surface area contributed by atoms with Crippen LogP contribution < -0.4 is 10.1 Å². The topological polar surface area (TPSA) is 41.5 Å². The highest BCUT2D eigenvalue weighted by molar-refractivity contribution is 5.41. The van der Waals surface area contributed by atoms with E-state index in [-0.39, 0.29) is 5.75 Å². The molecule has 88 valence electrons. The predicted molar refractivity (Wildman–Crippen MR) is 65.8 cm³/mol. The molecular weight excluding hydrogens is 202 g/mol. The summed E-state index contributed by atoms with van der Waals surface area (Å²) < 4.78 is 5.04. The molecule has 0 bridgehead atoms. The van der Waals surface area contributed by atoms with Gasteiger partial charge in [-0.05, 0) is 31.5 Å². The number of methoxy groups -OCH3 is 1. The molecule has 1 rings (SSSR count). The molecular formula is C13H19NO2. The Morgan fingerprint density at radius 3 is 2.81 bits per heavy atom. The van der Waals surface area contributed by atoms with Crippen LogP contribution in [0, 0.1) is 0 Å². The molecule has 0 amide bonds. The Kier molecular flexibility index (Phi) is 4.86. The monoisotopic (exact) mass is 221 g/mol. The molecule has 0 saturated carbocycles. The molecule has 3 nitrogen and oxygen atoms in total. The lowest BCUT2D eigenvalue weighted by atomic mass is 10.2. The zero-order valence-electron chi connectivity index (χ0n) is 10.1. The van der Waals surface area contributed by atoms with Gasteiger partial charge in [0.15, 0.2) is 11.5 Å². The molecule has 0 aromatic heterocycles. The van der Waals surface area contributed by atoms with Crippen molar-refractivity contribution in [2.45, 2.75) is 20.4 Å². The molecule has 1 aromatic rings. The fourth-order valence-electron chi connectivity index (χ4n) is 1.32. The highest BCUT2D eigenvalue weighted by Gasteiger charge is 2.01. The summed E-state index contributed by atoms with van der Waals surface area (Å²) in [4.78, 5) is 0. The van der Waals surface area contributed by atoms with E-state index < -0.39 is 0 Å². The van der Waals surface area contributed by atoms with Gasteiger partial charge in [0.25, 0.3) is 0 Å². The van der Waals surface area contributed by atoms with E-state index in [1.165, 1.54) is 5.57 Å². The normalized spacial score (nSPS) is 9.94. The first kappa shape index (κ1) is 12.6. The van der Waals surface area contributed by atoms with Crippen molar-refractivity contribution < 1.29 is 9.84 Å². The van der Waals surface area contributed by atoms with Crippen LogP contribution in [0.25, 0.3) is 0 Å². The largest absolute Gasteiger partial charge is 0.504 e. The summed E-state index contributed by atoms with van der Waals surface area (Å²) in [7, 11) is 1.55. The first-order valence-electron chi connectivity index (χ1n) is 5.33. The van der Waals surface area contributed by atoms with E-state index in [1.807, 2.05) is 12.1 Å². The number of allylic oxidation sites excluding steroid dienone is 1. The van der Waals surface area contributed by atoms with Crippen molar-refractivity contribution in [3.63, 3.8) is 0 Å². The number of ether oxygens (including phenoxy) is 1. The van der Waals surface area contributed by atoms with E-state index in [2.05, 4.69) is 25.2 Å². The first-order valence-corrected chi connectivity index (χ1v) is 5.33. The molecule has 0 saturated heterocycles. The molecule has 0 aliphatic carbocycles. The van der Waals surface area contributed by atoms with E-state index in [0.717, 1.165) is 18.7 Å². The van der Waals surface area contributed by atoms with Gasteiger partial charge in [0.2, 0.25) is 0 Å². The average Bonchev–Trinajstić information content (AvgIpc) is 2.26. The van der Waals surface area contributed by atoms with Gasteiger partial charge in [-0.1, -0.05) is 17.7 Å². The Hall–Kier alpha value is -1.48. The fourth-order valence-corrected chi connectivity index (χ4v) is 1.32. The second-order valence-electron chi connectivity index (χ2n) is 3.92. The summed E-state index contributed by atoms with van der Waals surface area (Å²) in [5.74, 6) is 0.692. The third-order valence-corrected chi connectivity index (χ3v) is 2.23. The van der Waals surface area contributed by atoms with E-state index in [1.54, 1.807) is 13.2 Å². The van der Waals surface area contributed by atoms with Gasteiger partial charge < -0.3 is 15.2 Å². The molecule has 2 N–H and O–H groups in total. The molecule has 0 aliphatic rings. The summed E-state index contributed by atoms with van der Waals surface area (Å²) in [6.45, 7) is 5.77. The SMILES string of the molecule is COc1cc(CNCC=C(C)C)ccc1O. The van der Waals surface area contributed by atoms with E-state index in [0.29, 0.717) is 5.75 Å². The van der Waals surface area contributed by atoms with Gasteiger partial charge in [0.05, 0.1) is 7.11 Å². The zero-order chi connectivity index (χ0) is 12.0. The molecule has 16 heavy (non-hydrogen) atoms. The van der Waals surface area contributed by atoms with Crippen molar-refractivity contribution in [3.8, 4) is 11.5 Å². The Balaban J connectivity index is 2.51. The molecule has 0 radical (unpaired) electrons. The number of rotatable bonds is 5. The number of phenols is 1. The van der Waals surface area contributed by atoms with Gasteiger partial charge in [-0.15, -0.1) is 0 Å². The standard InChI is InChI=1S/C13H19NO2/c1-10(2)6-7-14-9-11-4-5-12(15)13(8-11)16-3/h4-6,8,14-15H,7,9H2,1-3H3. The Bertz CT molecular complexity index is 368. The summed E-state index contributed by atoms with van der Waals surface area (Å²) in [6, 6.07) is 5.37. The lowest BCUT2D eigenvalue weighted by molar-refractivity contribution is 0.373. The molecule has 0 atom stereocenters. The van der Waals surface area contributed by atoms with Crippen LogP contribution in [0.3, 0.4) is 0 Å². The number of phenolic OH excluding ortho intramolecular Hbond substituents is 1. The number of benzene rings is 1. The lowest BCUT2D eigenvalue weighted by Crippen LogP contribution is -2.13. The molecule has 0 unspecified atom stereocenters. The summed E-state index contributed by atoms with van der Waals surface area (Å²) >= 11 is 0. The van der Waals surface area contributed by atoms with Crippen LogP contribution >= 0.6 is 0 Å². The van der Waals surface area contributed by atoms with E-state index in [9.17, 15) is 5.11 Å². The van der Waals surface area contributed by atoms with Crippen LogP contribution in [0.1, 0.15) is 19.4 Å². The van der Waals surface area contributed by atoms with Gasteiger partial charge in [-0.25, -0.2) is 0 Å². The van der Waals surface area contributed by atoms with Crippen molar-refractivity contribution in [2.24, 2.45) is 0 Å². The molecule has 0 spiro atoms. The van der Waals surface area contributed by atoms with Gasteiger partial charge in [0.1, 0.15) is 0 Å². The number of aromatic hydroxyl groups is 1. The fraction of sp³-hybridized carbons (Fsp3) is 0.385. The third kappa shape index (κ3) is 3.95. The highest BCUT2D eigenvalue weighted by Crippen LogP contribution is 2.25. The van der Waals surface area contributed by atoms with Crippen molar-refractivity contribution >= 4 is 0 Å². The number of hydrogen-bond acceptors (Lipinski definition) is 3. The quantitative estimate of drug-likeness (QED) is 0.593. The maximum atomic E-state index is 9.42. The van der Waals surface area contributed by atoms with Gasteiger partial charge in [0, 0.05) is 13.1 Å². The van der Waals surface area contributed by atoms with Gasteiger partial charge >= 0.3 is 0 Å². The molecule has 3 heteroatoms. The molecule has 0 fully saturated rings. The van der Waals surface area contributed by atoms with Gasteiger partial charge in [-0.3, -0.25) is 0 Å². The van der Waals surface area contributed by atoms with Crippen LogP contribution in [-0.2, 0) is 6.54 Å². The minimum absolute atomic E-state index is 0.176.